The molecule has 0 aliphatic rings. The van der Waals surface area contributed by atoms with Gasteiger partial charge < -0.3 is 0 Å². The van der Waals surface area contributed by atoms with Crippen LogP contribution < -0.4 is 0 Å². The van der Waals surface area contributed by atoms with E-state index in [1.807, 2.05) is 6.07 Å². The summed E-state index contributed by atoms with van der Waals surface area (Å²) in [6, 6.07) is 13.1. The van der Waals surface area contributed by atoms with Gasteiger partial charge in [-0.15, -0.1) is 0 Å². The third kappa shape index (κ3) is 4.51. The summed E-state index contributed by atoms with van der Waals surface area (Å²) in [5.74, 6) is 0. The van der Waals surface area contributed by atoms with Gasteiger partial charge in [0.2, 0.25) is 0 Å². The second-order valence-corrected chi connectivity index (χ2v) is 19.4. The van der Waals surface area contributed by atoms with Crippen LogP contribution >= 0.6 is 30.7 Å². The number of rotatable bonds is 3. The Morgan fingerprint density at radius 3 is 1.47 bits per heavy atom. The molecule has 0 atom stereocenters. The van der Waals surface area contributed by atoms with Crippen LogP contribution in [0.25, 0.3) is 11.4 Å². The van der Waals surface area contributed by atoms with Crippen LogP contribution in [0.4, 0.5) is 0 Å². The van der Waals surface area contributed by atoms with Gasteiger partial charge in [0.05, 0.1) is 0 Å². The van der Waals surface area contributed by atoms with Crippen LogP contribution in [0.1, 0.15) is 49.6 Å². The van der Waals surface area contributed by atoms with E-state index in [1.54, 1.807) is 11.3 Å². The molecule has 0 unspecified atom stereocenters. The first-order valence-electron chi connectivity index (χ1n) is 11.2. The van der Waals surface area contributed by atoms with Crippen molar-refractivity contribution in [2.24, 2.45) is 0 Å². The molecule has 0 fully saturated rings. The van der Waals surface area contributed by atoms with Gasteiger partial charge in [-0.2, -0.15) is 0 Å². The first kappa shape index (κ1) is 25.5. The average molecular weight is 601 g/mol. The second-order valence-electron chi connectivity index (χ2n) is 9.15. The Morgan fingerprint density at radius 1 is 0.706 bits per heavy atom. The van der Waals surface area contributed by atoms with Gasteiger partial charge in [0.25, 0.3) is 0 Å². The Labute approximate surface area is 217 Å². The normalized spacial score (nSPS) is 12.3. The number of aromatic nitrogens is 2. The molecule has 2 aromatic heterocycles. The molecule has 2 aromatic carbocycles. The zero-order valence-corrected chi connectivity index (χ0v) is 25.1. The maximum atomic E-state index is 7.47. The summed E-state index contributed by atoms with van der Waals surface area (Å²) >= 11 is -1.85. The molecule has 0 saturated heterocycles. The molecule has 0 amide bonds. The van der Waals surface area contributed by atoms with E-state index in [4.69, 9.17) is 19.4 Å². The molecular formula is C28H32Cl2N2RuS. The van der Waals surface area contributed by atoms with Gasteiger partial charge in [0.15, 0.2) is 0 Å². The van der Waals surface area contributed by atoms with E-state index in [-0.39, 0.29) is 0 Å². The summed E-state index contributed by atoms with van der Waals surface area (Å²) in [6.45, 7) is 17.4. The Kier molecular flexibility index (Phi) is 7.11. The van der Waals surface area contributed by atoms with Crippen molar-refractivity contribution in [3.63, 3.8) is 0 Å². The number of nitrogens with zero attached hydrogens (tertiary/aromatic N) is 2. The Balaban J connectivity index is 2.33. The molecule has 182 valence electrons. The zero-order valence-electron chi connectivity index (χ0n) is 21.0. The van der Waals surface area contributed by atoms with Crippen molar-refractivity contribution in [3.05, 3.63) is 95.4 Å². The van der Waals surface area contributed by atoms with Crippen LogP contribution in [0.2, 0.25) is 0 Å². The maximum absolute atomic E-state index is 7.47. The van der Waals surface area contributed by atoms with Gasteiger partial charge in [-0.25, -0.2) is 0 Å². The van der Waals surface area contributed by atoms with Crippen LogP contribution in [0, 0.1) is 59.4 Å². The molecule has 0 spiro atoms. The third-order valence-electron chi connectivity index (χ3n) is 6.25. The third-order valence-corrected chi connectivity index (χ3v) is 12.7. The van der Waals surface area contributed by atoms with Crippen LogP contribution in [0.15, 0.2) is 41.8 Å². The molecule has 0 radical (unpaired) electrons. The molecule has 2 heterocycles. The van der Waals surface area contributed by atoms with Crippen LogP contribution in [0.3, 0.4) is 0 Å². The SMILES string of the molecule is Cc1cc(C)c(-n2c(C)c(C)n(-c3c(C)cc(C)cc3C)[c]2=[Ru]([Cl])([Cl])=[CH]c2cccs2)c(C)c1. The molecule has 0 bridgehead atoms. The molecule has 0 saturated carbocycles. The van der Waals surface area contributed by atoms with E-state index in [9.17, 15) is 0 Å². The molecule has 4 rings (SSSR count). The van der Waals surface area contributed by atoms with Crippen LogP contribution in [-0.4, -0.2) is 13.7 Å². The van der Waals surface area contributed by atoms with E-state index in [0.717, 1.165) is 20.3 Å². The molecule has 6 heteroatoms. The number of thiophene rings is 1. The van der Waals surface area contributed by atoms with E-state index >= 15 is 0 Å². The molecule has 34 heavy (non-hydrogen) atoms. The summed E-state index contributed by atoms with van der Waals surface area (Å²) < 4.78 is 7.80. The number of imidazole rings is 1. The van der Waals surface area contributed by atoms with Gasteiger partial charge in [-0.05, 0) is 0 Å². The predicted molar refractivity (Wildman–Crippen MR) is 147 cm³/mol. The number of hydrogen-bond acceptors (Lipinski definition) is 1. The number of hydrogen-bond donors (Lipinski definition) is 0. The minimum absolute atomic E-state index is 0.993. The standard InChI is InChI=1S/C23H28N2.C5H4S.2ClH.Ru/c1-14-9-16(3)22(17(4)10-14)24-13-25(21(8)20(24)7)23-18(5)11-15(2)12-19(23)6;1-5-3-2-4-6-5;;;/h9-12H,1-8H3;1-4H;2*1H;/q;;;;+2/p-2. The molecular weight excluding hydrogens is 568 g/mol. The van der Waals surface area contributed by atoms with E-state index < -0.39 is 11.9 Å². The van der Waals surface area contributed by atoms with Crippen molar-refractivity contribution in [2.75, 3.05) is 0 Å². The molecule has 4 aromatic rings. The van der Waals surface area contributed by atoms with E-state index in [2.05, 4.69) is 105 Å². The van der Waals surface area contributed by atoms with Crippen molar-refractivity contribution < 1.29 is 11.9 Å². The topological polar surface area (TPSA) is 9.86 Å². The monoisotopic (exact) mass is 600 g/mol. The molecule has 0 aliphatic heterocycles. The van der Waals surface area contributed by atoms with Crippen molar-refractivity contribution in [1.29, 1.82) is 0 Å². The molecule has 0 N–H and O–H groups in total. The Morgan fingerprint density at radius 2 is 1.12 bits per heavy atom. The first-order valence-corrected chi connectivity index (χ1v) is 18.5. The van der Waals surface area contributed by atoms with Gasteiger partial charge in [-0.3, -0.25) is 0 Å². The molecule has 0 aliphatic carbocycles. The van der Waals surface area contributed by atoms with Gasteiger partial charge in [0.1, 0.15) is 0 Å². The zero-order chi connectivity index (χ0) is 24.9. The predicted octanol–water partition coefficient (Wildman–Crippen LogP) is 8.64. The fourth-order valence-electron chi connectivity index (χ4n) is 4.99. The van der Waals surface area contributed by atoms with Crippen LogP contribution in [0.5, 0.6) is 0 Å². The average Bonchev–Trinajstić information content (AvgIpc) is 3.29. The van der Waals surface area contributed by atoms with Gasteiger partial charge in [0, 0.05) is 0 Å². The van der Waals surface area contributed by atoms with Gasteiger partial charge >= 0.3 is 219 Å². The Hall–Kier alpha value is -1.58. The van der Waals surface area contributed by atoms with E-state index in [1.165, 1.54) is 44.8 Å². The van der Waals surface area contributed by atoms with Crippen molar-refractivity contribution in [1.82, 2.24) is 9.13 Å². The molecule has 2 nitrogen and oxygen atoms in total. The van der Waals surface area contributed by atoms with Crippen molar-refractivity contribution in [2.45, 2.75) is 55.4 Å². The number of halogens is 2. The van der Waals surface area contributed by atoms with Crippen LogP contribution in [-0.2, 0) is 11.9 Å². The first-order chi connectivity index (χ1) is 15.9. The van der Waals surface area contributed by atoms with E-state index in [0.29, 0.717) is 0 Å². The van der Waals surface area contributed by atoms with Crippen molar-refractivity contribution >= 4 is 35.3 Å². The fourth-order valence-corrected chi connectivity index (χ4v) is 12.6. The summed E-state index contributed by atoms with van der Waals surface area (Å²) in [5.41, 5.74) is 12.1. The number of aryl methyl sites for hydroxylation is 6. The van der Waals surface area contributed by atoms with Crippen molar-refractivity contribution in [3.8, 4) is 11.4 Å². The summed E-state index contributed by atoms with van der Waals surface area (Å²) in [7, 11) is 14.9. The van der Waals surface area contributed by atoms with Gasteiger partial charge in [-0.1, -0.05) is 0 Å². The summed E-state index contributed by atoms with van der Waals surface area (Å²) in [5, 5.41) is 2.07. The second kappa shape index (κ2) is 9.47. The summed E-state index contributed by atoms with van der Waals surface area (Å²) in [4.78, 5) is 1.11. The minimum atomic E-state index is -3.53. The summed E-state index contributed by atoms with van der Waals surface area (Å²) in [6.07, 6.45) is 0. The quantitative estimate of drug-likeness (QED) is 0.208. The number of benzene rings is 2. The Bertz CT molecular complexity index is 1440. The fraction of sp³-hybridized carbons (Fsp3) is 0.286.